The Morgan fingerprint density at radius 2 is 1.79 bits per heavy atom. The third-order valence-electron chi connectivity index (χ3n) is 4.69. The van der Waals surface area contributed by atoms with Crippen LogP contribution in [-0.2, 0) is 10.0 Å². The summed E-state index contributed by atoms with van der Waals surface area (Å²) < 4.78 is 30.8. The summed E-state index contributed by atoms with van der Waals surface area (Å²) in [5.74, 6) is 1.97. The summed E-state index contributed by atoms with van der Waals surface area (Å²) in [6, 6.07) is 17.5. The molecular weight excluding hydrogens is 392 g/mol. The summed E-state index contributed by atoms with van der Waals surface area (Å²) in [6.45, 7) is 0. The van der Waals surface area contributed by atoms with Crippen molar-refractivity contribution >= 4 is 33.0 Å². The second kappa shape index (κ2) is 6.19. The molecule has 0 saturated carbocycles. The predicted molar refractivity (Wildman–Crippen MR) is 109 cm³/mol. The van der Waals surface area contributed by atoms with Crippen LogP contribution in [0, 0.1) is 0 Å². The van der Waals surface area contributed by atoms with E-state index in [1.165, 1.54) is 12.1 Å². The van der Waals surface area contributed by atoms with Gasteiger partial charge in [0.25, 0.3) is 0 Å². The van der Waals surface area contributed by atoms with E-state index in [0.29, 0.717) is 23.0 Å². The van der Waals surface area contributed by atoms with Gasteiger partial charge < -0.3 is 10.2 Å². The molecule has 1 atom stereocenters. The zero-order valence-corrected chi connectivity index (χ0v) is 15.8. The zero-order chi connectivity index (χ0) is 20.2. The fourth-order valence-corrected chi connectivity index (χ4v) is 3.88. The SMILES string of the molecule is NC1=N[C@H](c2ccc(-c3ccc(S(N)(=O)=O)cc3)o2)n2c(nc3ccccc32)N1. The maximum atomic E-state index is 11.4. The first-order valence-electron chi connectivity index (χ1n) is 8.70. The lowest BCUT2D eigenvalue weighted by molar-refractivity contribution is 0.449. The highest BCUT2D eigenvalue weighted by molar-refractivity contribution is 7.89. The summed E-state index contributed by atoms with van der Waals surface area (Å²) in [5, 5.41) is 8.13. The van der Waals surface area contributed by atoms with Crippen LogP contribution in [0.3, 0.4) is 0 Å². The molecule has 0 radical (unpaired) electrons. The molecule has 2 aromatic carbocycles. The molecule has 1 aliphatic rings. The number of aliphatic imine (C=N–C) groups is 1. The van der Waals surface area contributed by atoms with Gasteiger partial charge in [0, 0.05) is 5.56 Å². The molecule has 3 heterocycles. The Hall–Kier alpha value is -3.63. The van der Waals surface area contributed by atoms with Crippen LogP contribution in [-0.4, -0.2) is 23.9 Å². The van der Waals surface area contributed by atoms with E-state index in [1.54, 1.807) is 18.2 Å². The van der Waals surface area contributed by atoms with Gasteiger partial charge in [-0.15, -0.1) is 0 Å². The number of aromatic nitrogens is 2. The molecule has 0 aliphatic carbocycles. The van der Waals surface area contributed by atoms with Crippen LogP contribution in [0.2, 0.25) is 0 Å². The van der Waals surface area contributed by atoms with Crippen molar-refractivity contribution in [1.29, 1.82) is 0 Å². The molecule has 10 heteroatoms. The van der Waals surface area contributed by atoms with Crippen LogP contribution in [0.15, 0.2) is 75.0 Å². The van der Waals surface area contributed by atoms with Gasteiger partial charge in [-0.1, -0.05) is 12.1 Å². The topological polar surface area (TPSA) is 142 Å². The Bertz CT molecular complexity index is 1370. The molecule has 0 saturated heterocycles. The van der Waals surface area contributed by atoms with Gasteiger partial charge in [-0.25, -0.2) is 23.5 Å². The van der Waals surface area contributed by atoms with Crippen molar-refractivity contribution in [3.63, 3.8) is 0 Å². The Balaban J connectivity index is 1.56. The lowest BCUT2D eigenvalue weighted by atomic mass is 10.2. The van der Waals surface area contributed by atoms with Crippen molar-refractivity contribution in [2.24, 2.45) is 15.9 Å². The molecule has 4 aromatic rings. The molecule has 5 rings (SSSR count). The molecule has 146 valence electrons. The Morgan fingerprint density at radius 3 is 2.55 bits per heavy atom. The number of benzene rings is 2. The molecule has 0 bridgehead atoms. The molecular formula is C19H16N6O3S. The van der Waals surface area contributed by atoms with Crippen molar-refractivity contribution in [3.8, 4) is 11.3 Å². The molecule has 0 amide bonds. The number of sulfonamides is 1. The first-order valence-corrected chi connectivity index (χ1v) is 10.2. The van der Waals surface area contributed by atoms with E-state index >= 15 is 0 Å². The number of nitrogens with two attached hydrogens (primary N) is 2. The summed E-state index contributed by atoms with van der Waals surface area (Å²) in [6.07, 6.45) is -0.518. The molecule has 2 aromatic heterocycles. The van der Waals surface area contributed by atoms with Gasteiger partial charge in [-0.3, -0.25) is 9.88 Å². The Labute approximate surface area is 165 Å². The number of furan rings is 1. The number of guanidine groups is 1. The number of hydrogen-bond donors (Lipinski definition) is 3. The minimum atomic E-state index is -3.75. The maximum absolute atomic E-state index is 11.4. The van der Waals surface area contributed by atoms with Crippen LogP contribution in [0.25, 0.3) is 22.4 Å². The van der Waals surface area contributed by atoms with Crippen molar-refractivity contribution in [2.75, 3.05) is 5.32 Å². The smallest absolute Gasteiger partial charge is 0.238 e. The number of imidazole rings is 1. The standard InChI is InChI=1S/C19H16N6O3S/c20-18-23-17(25-14-4-2-1-3-13(14)22-19(25)24-18)16-10-9-15(28-16)11-5-7-12(8-6-11)29(21,26)27/h1-10,17H,(H2,21,26,27)(H3,20,22,23,24)/t17-/m0/s1. The third kappa shape index (κ3) is 2.94. The lowest BCUT2D eigenvalue weighted by Crippen LogP contribution is -2.31. The number of nitrogens with one attached hydrogen (secondary N) is 1. The van der Waals surface area contributed by atoms with E-state index in [2.05, 4.69) is 15.3 Å². The summed E-state index contributed by atoms with van der Waals surface area (Å²) in [5.41, 5.74) is 8.37. The van der Waals surface area contributed by atoms with Gasteiger partial charge in [-0.05, 0) is 48.5 Å². The van der Waals surface area contributed by atoms with Crippen LogP contribution in [0.1, 0.15) is 11.9 Å². The van der Waals surface area contributed by atoms with E-state index in [0.717, 1.165) is 11.0 Å². The van der Waals surface area contributed by atoms with Gasteiger partial charge >= 0.3 is 0 Å². The minimum absolute atomic E-state index is 0.0401. The molecule has 29 heavy (non-hydrogen) atoms. The van der Waals surface area contributed by atoms with Crippen molar-refractivity contribution < 1.29 is 12.8 Å². The summed E-state index contributed by atoms with van der Waals surface area (Å²) in [4.78, 5) is 9.08. The first-order chi connectivity index (χ1) is 13.9. The van der Waals surface area contributed by atoms with E-state index in [9.17, 15) is 8.42 Å². The second-order valence-corrected chi connectivity index (χ2v) is 8.14. The third-order valence-corrected chi connectivity index (χ3v) is 5.62. The van der Waals surface area contributed by atoms with Crippen molar-refractivity contribution in [3.05, 3.63) is 66.4 Å². The number of rotatable bonds is 3. The van der Waals surface area contributed by atoms with E-state index in [1.807, 2.05) is 34.9 Å². The lowest BCUT2D eigenvalue weighted by Gasteiger charge is -2.21. The monoisotopic (exact) mass is 408 g/mol. The van der Waals surface area contributed by atoms with E-state index in [-0.39, 0.29) is 10.9 Å². The van der Waals surface area contributed by atoms with Crippen molar-refractivity contribution in [2.45, 2.75) is 11.1 Å². The normalized spacial score (nSPS) is 16.3. The number of nitrogens with zero attached hydrogens (tertiary/aromatic N) is 3. The van der Waals surface area contributed by atoms with Crippen LogP contribution < -0.4 is 16.2 Å². The average molecular weight is 408 g/mol. The number of fused-ring (bicyclic) bond motifs is 3. The van der Waals surface area contributed by atoms with Crippen LogP contribution >= 0.6 is 0 Å². The maximum Gasteiger partial charge on any atom is 0.238 e. The largest absolute Gasteiger partial charge is 0.457 e. The fraction of sp³-hybridized carbons (Fsp3) is 0.0526. The predicted octanol–water partition coefficient (Wildman–Crippen LogP) is 2.23. The average Bonchev–Trinajstić information content (AvgIpc) is 3.31. The first kappa shape index (κ1) is 17.5. The van der Waals surface area contributed by atoms with Crippen molar-refractivity contribution in [1.82, 2.24) is 9.55 Å². The highest BCUT2D eigenvalue weighted by Gasteiger charge is 2.27. The number of para-hydroxylation sites is 2. The molecule has 0 unspecified atom stereocenters. The second-order valence-electron chi connectivity index (χ2n) is 6.58. The van der Waals surface area contributed by atoms with Crippen LogP contribution in [0.5, 0.6) is 0 Å². The number of anilines is 1. The van der Waals surface area contributed by atoms with Gasteiger partial charge in [0.15, 0.2) is 12.1 Å². The fourth-order valence-electron chi connectivity index (χ4n) is 3.36. The van der Waals surface area contributed by atoms with Gasteiger partial charge in [-0.2, -0.15) is 0 Å². The summed E-state index contributed by atoms with van der Waals surface area (Å²) >= 11 is 0. The zero-order valence-electron chi connectivity index (χ0n) is 15.0. The summed E-state index contributed by atoms with van der Waals surface area (Å²) in [7, 11) is -3.75. The van der Waals surface area contributed by atoms with Crippen LogP contribution in [0.4, 0.5) is 5.95 Å². The molecule has 5 N–H and O–H groups in total. The number of primary sulfonamides is 1. The van der Waals surface area contributed by atoms with E-state index < -0.39 is 16.2 Å². The van der Waals surface area contributed by atoms with Gasteiger partial charge in [0.2, 0.25) is 16.0 Å². The quantitative estimate of drug-likeness (QED) is 0.475. The van der Waals surface area contributed by atoms with E-state index in [4.69, 9.17) is 15.3 Å². The highest BCUT2D eigenvalue weighted by atomic mass is 32.2. The Kier molecular flexibility index (Phi) is 3.73. The minimum Gasteiger partial charge on any atom is -0.457 e. The Morgan fingerprint density at radius 1 is 1.03 bits per heavy atom. The molecule has 1 aliphatic heterocycles. The molecule has 0 fully saturated rings. The van der Waals surface area contributed by atoms with Gasteiger partial charge in [0.05, 0.1) is 15.9 Å². The number of hydrogen-bond acceptors (Lipinski definition) is 7. The molecule has 0 spiro atoms. The highest BCUT2D eigenvalue weighted by Crippen LogP contribution is 2.34. The molecule has 9 nitrogen and oxygen atoms in total. The van der Waals surface area contributed by atoms with Gasteiger partial charge in [0.1, 0.15) is 11.5 Å².